The maximum Gasteiger partial charge on any atom is 0.341 e. The second-order valence-corrected chi connectivity index (χ2v) is 6.87. The highest BCUT2D eigenvalue weighted by molar-refractivity contribution is 5.96. The highest BCUT2D eigenvalue weighted by atomic mass is 16.5. The van der Waals surface area contributed by atoms with Gasteiger partial charge in [0.05, 0.1) is 38.3 Å². The van der Waals surface area contributed by atoms with Crippen molar-refractivity contribution in [3.63, 3.8) is 0 Å². The average molecular weight is 419 g/mol. The van der Waals surface area contributed by atoms with E-state index in [1.54, 1.807) is 55.4 Å². The fraction of sp³-hybridized carbons (Fsp3) is 0.174. The molecule has 2 aromatic carbocycles. The number of methoxy groups -OCH3 is 3. The second-order valence-electron chi connectivity index (χ2n) is 6.87. The molecular formula is C23H21N3O5. The van der Waals surface area contributed by atoms with Gasteiger partial charge in [-0.1, -0.05) is 18.2 Å². The summed E-state index contributed by atoms with van der Waals surface area (Å²) in [5, 5.41) is 4.46. The van der Waals surface area contributed by atoms with E-state index in [0.717, 1.165) is 5.56 Å². The van der Waals surface area contributed by atoms with Crippen LogP contribution in [0.15, 0.2) is 59.7 Å². The van der Waals surface area contributed by atoms with Gasteiger partial charge in [0.2, 0.25) is 0 Å². The highest BCUT2D eigenvalue weighted by Gasteiger charge is 2.26. The molecule has 31 heavy (non-hydrogen) atoms. The average Bonchev–Trinajstić information content (AvgIpc) is 3.14. The summed E-state index contributed by atoms with van der Waals surface area (Å²) in [6.07, 6.45) is 3.20. The molecule has 0 bridgehead atoms. The topological polar surface area (TPSA) is 84.6 Å². The summed E-state index contributed by atoms with van der Waals surface area (Å²) in [6, 6.07) is 12.7. The van der Waals surface area contributed by atoms with Gasteiger partial charge in [-0.05, 0) is 30.7 Å². The molecule has 2 heterocycles. The second kappa shape index (κ2) is 7.98. The highest BCUT2D eigenvalue weighted by Crippen LogP contribution is 2.31. The van der Waals surface area contributed by atoms with Crippen LogP contribution < -0.4 is 15.0 Å². The van der Waals surface area contributed by atoms with E-state index in [0.29, 0.717) is 22.9 Å². The van der Waals surface area contributed by atoms with Crippen molar-refractivity contribution in [2.24, 2.45) is 0 Å². The van der Waals surface area contributed by atoms with E-state index >= 15 is 0 Å². The van der Waals surface area contributed by atoms with Crippen LogP contribution in [0.25, 0.3) is 22.6 Å². The Labute approximate surface area is 178 Å². The molecule has 0 spiro atoms. The van der Waals surface area contributed by atoms with Gasteiger partial charge in [0, 0.05) is 18.5 Å². The predicted octanol–water partition coefficient (Wildman–Crippen LogP) is 3.24. The lowest BCUT2D eigenvalue weighted by Gasteiger charge is -2.15. The molecule has 0 aliphatic carbocycles. The van der Waals surface area contributed by atoms with Crippen molar-refractivity contribution in [1.82, 2.24) is 14.3 Å². The molecule has 0 N–H and O–H groups in total. The molecular weight excluding hydrogens is 398 g/mol. The van der Waals surface area contributed by atoms with E-state index in [1.165, 1.54) is 11.8 Å². The minimum Gasteiger partial charge on any atom is -0.497 e. The van der Waals surface area contributed by atoms with Crippen molar-refractivity contribution in [2.45, 2.75) is 6.92 Å². The number of aryl methyl sites for hydroxylation is 1. The Morgan fingerprint density at radius 1 is 0.968 bits per heavy atom. The molecule has 2 aliphatic heterocycles. The molecule has 158 valence electrons. The summed E-state index contributed by atoms with van der Waals surface area (Å²) >= 11 is 0. The van der Waals surface area contributed by atoms with Crippen molar-refractivity contribution in [1.29, 1.82) is 0 Å². The van der Waals surface area contributed by atoms with Gasteiger partial charge in [0.1, 0.15) is 22.8 Å². The Morgan fingerprint density at radius 3 is 2.42 bits per heavy atom. The Balaban J connectivity index is 2.04. The first kappa shape index (κ1) is 20.2. The molecule has 0 saturated heterocycles. The van der Waals surface area contributed by atoms with E-state index in [2.05, 4.69) is 5.10 Å². The Kier molecular flexibility index (Phi) is 5.21. The summed E-state index contributed by atoms with van der Waals surface area (Å²) in [5.41, 5.74) is 2.48. The predicted molar refractivity (Wildman–Crippen MR) is 115 cm³/mol. The largest absolute Gasteiger partial charge is 0.497 e. The number of fused-ring (bicyclic) bond motifs is 1. The zero-order valence-corrected chi connectivity index (χ0v) is 17.6. The van der Waals surface area contributed by atoms with Crippen molar-refractivity contribution in [2.75, 3.05) is 21.3 Å². The number of hydrogen-bond donors (Lipinski definition) is 0. The smallest absolute Gasteiger partial charge is 0.341 e. The number of pyridine rings is 1. The number of hydrogen-bond acceptors (Lipinski definition) is 6. The number of rotatable bonds is 5. The van der Waals surface area contributed by atoms with Gasteiger partial charge in [-0.2, -0.15) is 9.78 Å². The van der Waals surface area contributed by atoms with Crippen LogP contribution in [0.3, 0.4) is 0 Å². The van der Waals surface area contributed by atoms with Crippen LogP contribution in [0.5, 0.6) is 11.5 Å². The van der Waals surface area contributed by atoms with E-state index in [1.807, 2.05) is 25.1 Å². The number of nitrogens with zero attached hydrogens (tertiary/aromatic N) is 3. The molecule has 0 amide bonds. The molecule has 0 saturated carbocycles. The first-order valence-corrected chi connectivity index (χ1v) is 9.50. The summed E-state index contributed by atoms with van der Waals surface area (Å²) in [5.74, 6) is 0.538. The molecule has 2 aromatic rings. The Morgan fingerprint density at radius 2 is 1.74 bits per heavy atom. The maximum absolute atomic E-state index is 13.3. The quantitative estimate of drug-likeness (QED) is 0.462. The lowest BCUT2D eigenvalue weighted by Crippen LogP contribution is -2.16. The standard InChI is InChI=1S/C23H21N3O5/c1-14-7-5-6-8-18(14)26-22(27)16-12-25(13-17(21(16)24-26)23(28)31-4)19-11-15(29-2)9-10-20(19)30-3/h5-13H,1-4H3. The Hall–Kier alpha value is -4.07. The van der Waals surface area contributed by atoms with Gasteiger partial charge in [-0.15, -0.1) is 0 Å². The van der Waals surface area contributed by atoms with E-state index < -0.39 is 5.97 Å². The van der Waals surface area contributed by atoms with Crippen LogP contribution in [0.2, 0.25) is 0 Å². The number of benzene rings is 2. The zero-order chi connectivity index (χ0) is 22.1. The SMILES string of the molecule is COC(=O)c1cn(-c2cc(OC)ccc2OC)cc2c(=O)n(-c3ccccc3C)nc1-2. The minimum absolute atomic E-state index is 0.161. The monoisotopic (exact) mass is 419 g/mol. The summed E-state index contributed by atoms with van der Waals surface area (Å²) in [4.78, 5) is 25.9. The fourth-order valence-electron chi connectivity index (χ4n) is 3.47. The number of para-hydroxylation sites is 1. The molecule has 0 unspecified atom stereocenters. The van der Waals surface area contributed by atoms with Gasteiger partial charge in [0.25, 0.3) is 5.56 Å². The van der Waals surface area contributed by atoms with Gasteiger partial charge >= 0.3 is 5.97 Å². The number of carbonyl (C=O) groups excluding carboxylic acids is 1. The molecule has 8 heteroatoms. The molecule has 4 rings (SSSR count). The first-order valence-electron chi connectivity index (χ1n) is 9.50. The summed E-state index contributed by atoms with van der Waals surface area (Å²) < 4.78 is 18.7. The van der Waals surface area contributed by atoms with Crippen LogP contribution >= 0.6 is 0 Å². The molecule has 0 aromatic heterocycles. The molecule has 0 fully saturated rings. The molecule has 8 nitrogen and oxygen atoms in total. The van der Waals surface area contributed by atoms with Gasteiger partial charge in [-0.3, -0.25) is 4.79 Å². The van der Waals surface area contributed by atoms with E-state index in [-0.39, 0.29) is 22.4 Å². The number of esters is 1. The van der Waals surface area contributed by atoms with Crippen molar-refractivity contribution >= 4 is 5.97 Å². The van der Waals surface area contributed by atoms with E-state index in [9.17, 15) is 9.59 Å². The lowest BCUT2D eigenvalue weighted by atomic mass is 10.1. The maximum atomic E-state index is 13.3. The zero-order valence-electron chi connectivity index (χ0n) is 17.6. The van der Waals surface area contributed by atoms with Crippen LogP contribution in [0.4, 0.5) is 0 Å². The normalized spacial score (nSPS) is 10.8. The number of carbonyl (C=O) groups is 1. The van der Waals surface area contributed by atoms with Crippen LogP contribution in [-0.4, -0.2) is 41.6 Å². The number of ether oxygens (including phenoxy) is 3. The fourth-order valence-corrected chi connectivity index (χ4v) is 3.47. The van der Waals surface area contributed by atoms with Crippen molar-refractivity contribution in [3.8, 4) is 34.1 Å². The molecule has 0 atom stereocenters. The lowest BCUT2D eigenvalue weighted by molar-refractivity contribution is 0.0600. The Bertz CT molecular complexity index is 1300. The number of aromatic nitrogens is 3. The third kappa shape index (κ3) is 3.42. The van der Waals surface area contributed by atoms with Crippen molar-refractivity contribution < 1.29 is 19.0 Å². The molecule has 0 radical (unpaired) electrons. The van der Waals surface area contributed by atoms with Gasteiger partial charge in [-0.25, -0.2) is 4.79 Å². The third-order valence-electron chi connectivity index (χ3n) is 5.08. The minimum atomic E-state index is -0.601. The third-order valence-corrected chi connectivity index (χ3v) is 5.08. The molecule has 2 aliphatic rings. The summed E-state index contributed by atoms with van der Waals surface area (Å²) in [6.45, 7) is 1.89. The van der Waals surface area contributed by atoms with Gasteiger partial charge in [0.15, 0.2) is 0 Å². The van der Waals surface area contributed by atoms with Crippen LogP contribution in [0.1, 0.15) is 15.9 Å². The summed E-state index contributed by atoms with van der Waals surface area (Å²) in [7, 11) is 4.39. The van der Waals surface area contributed by atoms with Gasteiger partial charge < -0.3 is 18.8 Å². The van der Waals surface area contributed by atoms with Crippen LogP contribution in [-0.2, 0) is 4.74 Å². The van der Waals surface area contributed by atoms with E-state index in [4.69, 9.17) is 14.2 Å². The van der Waals surface area contributed by atoms with Crippen LogP contribution in [0, 0.1) is 6.92 Å². The van der Waals surface area contributed by atoms with Crippen molar-refractivity contribution in [3.05, 3.63) is 76.3 Å². The first-order chi connectivity index (χ1) is 15.0.